The molecule has 1 spiro atoms. The average Bonchev–Trinajstić information content (AvgIpc) is 4.07. The molecular formula is C41H51N5O9S. The number of fused-ring (bicyclic) bond motifs is 1. The number of alkyl carbamates (subject to hydrolysis) is 1. The number of amides is 4. The highest BCUT2D eigenvalue weighted by atomic mass is 32.2. The number of methoxy groups -OCH3 is 1. The number of rotatable bonds is 11. The molecule has 1 aromatic heterocycles. The van der Waals surface area contributed by atoms with Gasteiger partial charge in [-0.1, -0.05) is 51.1 Å². The summed E-state index contributed by atoms with van der Waals surface area (Å²) in [5.41, 5.74) is -1.46. The Morgan fingerprint density at radius 2 is 1.66 bits per heavy atom. The van der Waals surface area contributed by atoms with Gasteiger partial charge in [0.05, 0.1) is 30.1 Å². The third kappa shape index (κ3) is 7.87. The van der Waals surface area contributed by atoms with Gasteiger partial charge in [0.1, 0.15) is 40.8 Å². The SMILES string of the molecule is COc1ccc2c(OC3CC(C(=O)NC4(C(=O)NS(=O)(=O)C5CC5)CC45CC5)N(C(=O)C(NC(=O)OC(C)(C)C)C(C)(C)C)C3)cc(-c3ccccc3)nc2c1. The summed E-state index contributed by atoms with van der Waals surface area (Å²) in [4.78, 5) is 62.3. The van der Waals surface area contributed by atoms with E-state index in [4.69, 9.17) is 19.2 Å². The maximum Gasteiger partial charge on any atom is 0.408 e. The summed E-state index contributed by atoms with van der Waals surface area (Å²) < 4.78 is 45.6. The van der Waals surface area contributed by atoms with Gasteiger partial charge in [-0.05, 0) is 70.4 Å². The van der Waals surface area contributed by atoms with Gasteiger partial charge in [-0.2, -0.15) is 0 Å². The van der Waals surface area contributed by atoms with E-state index < -0.39 is 79.2 Å². The quantitative estimate of drug-likeness (QED) is 0.243. The van der Waals surface area contributed by atoms with Gasteiger partial charge in [0.25, 0.3) is 5.91 Å². The van der Waals surface area contributed by atoms with Crippen molar-refractivity contribution in [1.82, 2.24) is 25.2 Å². The molecule has 3 saturated carbocycles. The zero-order valence-corrected chi connectivity index (χ0v) is 33.7. The van der Waals surface area contributed by atoms with Crippen LogP contribution < -0.4 is 24.8 Å². The molecule has 3 aromatic rings. The van der Waals surface area contributed by atoms with E-state index in [1.165, 1.54) is 4.90 Å². The minimum absolute atomic E-state index is 0.0272. The van der Waals surface area contributed by atoms with Crippen LogP contribution in [0.25, 0.3) is 22.2 Å². The number of carbonyl (C=O) groups is 4. The maximum atomic E-state index is 14.7. The number of aromatic nitrogens is 1. The fourth-order valence-corrected chi connectivity index (χ4v) is 9.05. The van der Waals surface area contributed by atoms with Crippen molar-refractivity contribution in [3.05, 3.63) is 54.6 Å². The van der Waals surface area contributed by atoms with E-state index in [1.807, 2.05) is 48.5 Å². The van der Waals surface area contributed by atoms with Crippen molar-refractivity contribution in [2.45, 2.75) is 115 Å². The van der Waals surface area contributed by atoms with Crippen molar-refractivity contribution < 1.29 is 41.8 Å². The predicted octanol–water partition coefficient (Wildman–Crippen LogP) is 4.85. The number of pyridine rings is 1. The van der Waals surface area contributed by atoms with E-state index in [2.05, 4.69) is 15.4 Å². The standard InChI is InChI=1S/C41H51N5O9S/c1-38(2,3)33(43-37(50)55-39(4,5)6)35(48)46-22-26(54-32-21-29(24-11-9-8-10-12-24)42-30-19-25(53-7)13-16-28(30)32)20-31(46)34(47)44-41(23-40(41)17-18-40)36(49)45-56(51,52)27-14-15-27/h8-13,16,19,21,26-27,31,33H,14-15,17-18,20,22-23H2,1-7H3,(H,43,50)(H,44,47)(H,45,49). The summed E-state index contributed by atoms with van der Waals surface area (Å²) in [5.74, 6) is -0.792. The molecule has 3 N–H and O–H groups in total. The summed E-state index contributed by atoms with van der Waals surface area (Å²) in [5, 5.41) is 5.75. The third-order valence-electron chi connectivity index (χ3n) is 11.1. The molecule has 14 nitrogen and oxygen atoms in total. The van der Waals surface area contributed by atoms with Gasteiger partial charge in [0, 0.05) is 34.9 Å². The second kappa shape index (κ2) is 13.9. The van der Waals surface area contributed by atoms with Crippen LogP contribution in [0.15, 0.2) is 54.6 Å². The molecule has 1 saturated heterocycles. The van der Waals surface area contributed by atoms with Crippen LogP contribution in [0.3, 0.4) is 0 Å². The molecule has 300 valence electrons. The molecule has 1 aliphatic heterocycles. The van der Waals surface area contributed by atoms with Crippen molar-refractivity contribution in [2.24, 2.45) is 10.8 Å². The van der Waals surface area contributed by atoms with Crippen molar-refractivity contribution in [3.8, 4) is 22.8 Å². The minimum Gasteiger partial charge on any atom is -0.497 e. The number of hydrogen-bond acceptors (Lipinski definition) is 10. The Labute approximate surface area is 327 Å². The highest BCUT2D eigenvalue weighted by Crippen LogP contribution is 2.73. The van der Waals surface area contributed by atoms with E-state index in [1.54, 1.807) is 54.7 Å². The lowest BCUT2D eigenvalue weighted by Crippen LogP contribution is -2.60. The average molecular weight is 790 g/mol. The highest BCUT2D eigenvalue weighted by molar-refractivity contribution is 7.91. The van der Waals surface area contributed by atoms with E-state index in [-0.39, 0.29) is 13.0 Å². The molecule has 4 unspecified atom stereocenters. The lowest BCUT2D eigenvalue weighted by Gasteiger charge is -2.36. The number of benzene rings is 2. The van der Waals surface area contributed by atoms with Crippen molar-refractivity contribution >= 4 is 44.7 Å². The number of hydrogen-bond donors (Lipinski definition) is 3. The Morgan fingerprint density at radius 1 is 0.964 bits per heavy atom. The zero-order valence-electron chi connectivity index (χ0n) is 32.9. The normalized spacial score (nSPS) is 23.2. The number of sulfonamides is 1. The first-order valence-corrected chi connectivity index (χ1v) is 20.7. The van der Waals surface area contributed by atoms with Crippen LogP contribution in [0, 0.1) is 10.8 Å². The molecule has 2 heterocycles. The van der Waals surface area contributed by atoms with Crippen LogP contribution in [-0.2, 0) is 29.1 Å². The number of nitrogens with one attached hydrogen (secondary N) is 3. The third-order valence-corrected chi connectivity index (χ3v) is 12.9. The number of ether oxygens (including phenoxy) is 3. The maximum absolute atomic E-state index is 14.7. The Kier molecular flexibility index (Phi) is 9.78. The largest absolute Gasteiger partial charge is 0.497 e. The molecule has 4 aliphatic rings. The Hall–Kier alpha value is -4.92. The van der Waals surface area contributed by atoms with Gasteiger partial charge in [-0.15, -0.1) is 0 Å². The van der Waals surface area contributed by atoms with Crippen LogP contribution in [0.5, 0.6) is 11.5 Å². The summed E-state index contributed by atoms with van der Waals surface area (Å²) in [6, 6.07) is 14.6. The summed E-state index contributed by atoms with van der Waals surface area (Å²) in [6.07, 6.45) is 1.15. The van der Waals surface area contributed by atoms with Gasteiger partial charge in [0.2, 0.25) is 21.8 Å². The van der Waals surface area contributed by atoms with Crippen molar-refractivity contribution in [3.63, 3.8) is 0 Å². The van der Waals surface area contributed by atoms with Gasteiger partial charge in [0.15, 0.2) is 0 Å². The van der Waals surface area contributed by atoms with E-state index in [0.717, 1.165) is 5.56 Å². The number of nitrogens with zero attached hydrogens (tertiary/aromatic N) is 2. The van der Waals surface area contributed by atoms with E-state index in [0.29, 0.717) is 60.2 Å². The summed E-state index contributed by atoms with van der Waals surface area (Å²) in [7, 11) is -2.30. The molecule has 2 aromatic carbocycles. The first-order chi connectivity index (χ1) is 26.2. The minimum atomic E-state index is -3.87. The molecule has 4 atom stereocenters. The second-order valence-electron chi connectivity index (χ2n) is 17.7. The lowest BCUT2D eigenvalue weighted by molar-refractivity contribution is -0.143. The first kappa shape index (κ1) is 39.3. The van der Waals surface area contributed by atoms with Crippen LogP contribution in [0.4, 0.5) is 4.79 Å². The molecule has 15 heteroatoms. The fraction of sp³-hybridized carbons (Fsp3) is 0.537. The van der Waals surface area contributed by atoms with Gasteiger partial charge < -0.3 is 29.7 Å². The summed E-state index contributed by atoms with van der Waals surface area (Å²) >= 11 is 0. The van der Waals surface area contributed by atoms with Crippen LogP contribution in [-0.4, -0.2) is 90.3 Å². The van der Waals surface area contributed by atoms with Gasteiger partial charge >= 0.3 is 6.09 Å². The molecular weight excluding hydrogens is 739 g/mol. The molecule has 3 aliphatic carbocycles. The summed E-state index contributed by atoms with van der Waals surface area (Å²) in [6.45, 7) is 10.5. The Bertz CT molecular complexity index is 2170. The molecule has 0 radical (unpaired) electrons. The molecule has 0 bridgehead atoms. The van der Waals surface area contributed by atoms with Crippen LogP contribution >= 0.6 is 0 Å². The van der Waals surface area contributed by atoms with Crippen LogP contribution in [0.2, 0.25) is 0 Å². The number of likely N-dealkylation sites (tertiary alicyclic amines) is 1. The highest BCUT2D eigenvalue weighted by Gasteiger charge is 2.79. The molecule has 4 fully saturated rings. The zero-order chi connectivity index (χ0) is 40.4. The molecule has 56 heavy (non-hydrogen) atoms. The van der Waals surface area contributed by atoms with Crippen molar-refractivity contribution in [1.29, 1.82) is 0 Å². The van der Waals surface area contributed by atoms with E-state index >= 15 is 0 Å². The first-order valence-electron chi connectivity index (χ1n) is 19.1. The Morgan fingerprint density at radius 3 is 2.25 bits per heavy atom. The van der Waals surface area contributed by atoms with Crippen molar-refractivity contribution in [2.75, 3.05) is 13.7 Å². The topological polar surface area (TPSA) is 182 Å². The number of carbonyl (C=O) groups excluding carboxylic acids is 4. The van der Waals surface area contributed by atoms with E-state index in [9.17, 15) is 27.6 Å². The second-order valence-corrected chi connectivity index (χ2v) is 19.7. The Balaban J connectivity index is 1.22. The van der Waals surface area contributed by atoms with Gasteiger partial charge in [-0.3, -0.25) is 19.1 Å². The van der Waals surface area contributed by atoms with Crippen LogP contribution in [0.1, 0.15) is 80.1 Å². The smallest absolute Gasteiger partial charge is 0.408 e. The molecule has 7 rings (SSSR count). The fourth-order valence-electron chi connectivity index (χ4n) is 7.70. The predicted molar refractivity (Wildman–Crippen MR) is 208 cm³/mol. The lowest BCUT2D eigenvalue weighted by atomic mass is 9.85. The molecule has 4 amide bonds. The van der Waals surface area contributed by atoms with Gasteiger partial charge in [-0.25, -0.2) is 18.2 Å². The monoisotopic (exact) mass is 789 g/mol.